The third-order valence-electron chi connectivity index (χ3n) is 5.07. The Morgan fingerprint density at radius 3 is 2.51 bits per heavy atom. The van der Waals surface area contributed by atoms with Gasteiger partial charge >= 0.3 is 0 Å². The first-order valence-corrected chi connectivity index (χ1v) is 12.7. The number of halogens is 1. The van der Waals surface area contributed by atoms with E-state index in [1.54, 1.807) is 30.3 Å². The molecule has 1 fully saturated rings. The van der Waals surface area contributed by atoms with Crippen molar-refractivity contribution in [3.8, 4) is 5.75 Å². The van der Waals surface area contributed by atoms with Crippen molar-refractivity contribution in [3.05, 3.63) is 87.7 Å². The molecule has 35 heavy (non-hydrogen) atoms. The van der Waals surface area contributed by atoms with Gasteiger partial charge in [0.2, 0.25) is 0 Å². The number of anilines is 3. The van der Waals surface area contributed by atoms with Crippen molar-refractivity contribution in [3.63, 3.8) is 0 Å². The monoisotopic (exact) mass is 567 g/mol. The van der Waals surface area contributed by atoms with E-state index in [-0.39, 0.29) is 18.4 Å². The van der Waals surface area contributed by atoms with Crippen LogP contribution >= 0.6 is 39.9 Å². The molecule has 6 nitrogen and oxygen atoms in total. The van der Waals surface area contributed by atoms with Crippen molar-refractivity contribution in [1.29, 1.82) is 0 Å². The summed E-state index contributed by atoms with van der Waals surface area (Å²) in [6, 6.07) is 22.2. The van der Waals surface area contributed by atoms with Gasteiger partial charge in [-0.25, -0.2) is 0 Å². The van der Waals surface area contributed by atoms with Crippen LogP contribution in [0.25, 0.3) is 6.08 Å². The van der Waals surface area contributed by atoms with Gasteiger partial charge in [0.1, 0.15) is 5.75 Å². The third kappa shape index (κ3) is 6.30. The molecule has 0 saturated carbocycles. The Bertz CT molecular complexity index is 1290. The number of carbonyl (C=O) groups excluding carboxylic acids is 2. The Labute approximate surface area is 222 Å². The first-order chi connectivity index (χ1) is 16.8. The highest BCUT2D eigenvalue weighted by Gasteiger charge is 2.33. The van der Waals surface area contributed by atoms with Crippen LogP contribution < -0.4 is 19.9 Å². The number of thiocarbonyl (C=S) groups is 1. The summed E-state index contributed by atoms with van der Waals surface area (Å²) in [4.78, 5) is 29.4. The lowest BCUT2D eigenvalue weighted by Gasteiger charge is -2.17. The average Bonchev–Trinajstić information content (AvgIpc) is 3.12. The van der Waals surface area contributed by atoms with Crippen LogP contribution in [-0.2, 0) is 9.59 Å². The molecule has 2 amide bonds. The summed E-state index contributed by atoms with van der Waals surface area (Å²) in [6.07, 6.45) is 1.78. The lowest BCUT2D eigenvalue weighted by atomic mass is 10.2. The van der Waals surface area contributed by atoms with E-state index in [1.807, 2.05) is 67.5 Å². The normalized spacial score (nSPS) is 14.4. The van der Waals surface area contributed by atoms with Crippen molar-refractivity contribution in [2.75, 3.05) is 35.8 Å². The molecule has 0 bridgehead atoms. The second kappa shape index (κ2) is 11.1. The minimum absolute atomic E-state index is 0.134. The molecule has 0 radical (unpaired) electrons. The minimum Gasteiger partial charge on any atom is -0.484 e. The molecule has 0 unspecified atom stereocenters. The number of amides is 2. The SMILES string of the molecule is CN(C)c1ccc(N2C(=O)/C(=C/c3cccc(OCC(=O)Nc4ccc(Br)cc4)c3)SC2=S)cc1. The zero-order valence-corrected chi connectivity index (χ0v) is 22.2. The molecule has 1 aliphatic rings. The second-order valence-electron chi connectivity index (χ2n) is 7.84. The molecule has 0 spiro atoms. The number of ether oxygens (including phenoxy) is 1. The molecule has 0 aliphatic carbocycles. The summed E-state index contributed by atoms with van der Waals surface area (Å²) in [6.45, 7) is -0.134. The fraction of sp³-hybridized carbons (Fsp3) is 0.115. The van der Waals surface area contributed by atoms with Crippen LogP contribution in [0.4, 0.5) is 17.1 Å². The maximum Gasteiger partial charge on any atom is 0.270 e. The quantitative estimate of drug-likeness (QED) is 0.281. The fourth-order valence-electron chi connectivity index (χ4n) is 3.31. The number of rotatable bonds is 7. The van der Waals surface area contributed by atoms with Crippen LogP contribution in [0.5, 0.6) is 5.75 Å². The third-order valence-corrected chi connectivity index (χ3v) is 6.90. The molecule has 1 aliphatic heterocycles. The molecular formula is C26H22BrN3O3S2. The lowest BCUT2D eigenvalue weighted by Crippen LogP contribution is -2.27. The number of hydrogen-bond donors (Lipinski definition) is 1. The van der Waals surface area contributed by atoms with Gasteiger partial charge in [0.05, 0.1) is 10.6 Å². The molecule has 3 aromatic carbocycles. The molecule has 1 N–H and O–H groups in total. The highest BCUT2D eigenvalue weighted by molar-refractivity contribution is 9.10. The zero-order chi connectivity index (χ0) is 24.9. The molecule has 0 atom stereocenters. The van der Waals surface area contributed by atoms with Gasteiger partial charge in [-0.05, 0) is 72.3 Å². The van der Waals surface area contributed by atoms with E-state index in [1.165, 1.54) is 16.7 Å². The molecular weight excluding hydrogens is 546 g/mol. The molecule has 1 saturated heterocycles. The first kappa shape index (κ1) is 25.0. The van der Waals surface area contributed by atoms with Crippen molar-refractivity contribution < 1.29 is 14.3 Å². The minimum atomic E-state index is -0.265. The summed E-state index contributed by atoms with van der Waals surface area (Å²) in [5, 5.41) is 2.79. The van der Waals surface area contributed by atoms with E-state index < -0.39 is 0 Å². The molecule has 1 heterocycles. The van der Waals surface area contributed by atoms with Gasteiger partial charge in [0.25, 0.3) is 11.8 Å². The number of nitrogens with zero attached hydrogens (tertiary/aromatic N) is 2. The maximum absolute atomic E-state index is 13.1. The van der Waals surface area contributed by atoms with E-state index in [0.29, 0.717) is 20.7 Å². The van der Waals surface area contributed by atoms with Crippen molar-refractivity contribution >= 4 is 79.2 Å². The summed E-state index contributed by atoms with van der Waals surface area (Å²) in [5.74, 6) is 0.0936. The summed E-state index contributed by atoms with van der Waals surface area (Å²) >= 11 is 10.1. The van der Waals surface area contributed by atoms with Crippen molar-refractivity contribution in [2.45, 2.75) is 0 Å². The Hall–Kier alpha value is -3.14. The van der Waals surface area contributed by atoms with E-state index >= 15 is 0 Å². The van der Waals surface area contributed by atoms with Crippen LogP contribution in [0.3, 0.4) is 0 Å². The molecule has 4 rings (SSSR count). The summed E-state index contributed by atoms with van der Waals surface area (Å²) < 4.78 is 7.07. The number of carbonyl (C=O) groups is 2. The van der Waals surface area contributed by atoms with Crippen LogP contribution in [-0.4, -0.2) is 36.8 Å². The Morgan fingerprint density at radius 2 is 1.83 bits per heavy atom. The van der Waals surface area contributed by atoms with Gasteiger partial charge in [-0.1, -0.05) is 52.0 Å². The highest BCUT2D eigenvalue weighted by atomic mass is 79.9. The number of thioether (sulfide) groups is 1. The van der Waals surface area contributed by atoms with Gasteiger partial charge in [-0.2, -0.15) is 0 Å². The Kier molecular flexibility index (Phi) is 7.90. The molecule has 3 aromatic rings. The number of nitrogens with one attached hydrogen (secondary N) is 1. The predicted octanol–water partition coefficient (Wildman–Crippen LogP) is 5.94. The Morgan fingerprint density at radius 1 is 1.11 bits per heavy atom. The molecule has 178 valence electrons. The number of hydrogen-bond acceptors (Lipinski definition) is 6. The van der Waals surface area contributed by atoms with E-state index in [2.05, 4.69) is 21.2 Å². The first-order valence-electron chi connectivity index (χ1n) is 10.6. The van der Waals surface area contributed by atoms with Crippen molar-refractivity contribution in [1.82, 2.24) is 0 Å². The van der Waals surface area contributed by atoms with Gasteiger partial charge in [-0.3, -0.25) is 14.5 Å². The average molecular weight is 569 g/mol. The van der Waals surface area contributed by atoms with Crippen LogP contribution in [0.2, 0.25) is 0 Å². The van der Waals surface area contributed by atoms with E-state index in [4.69, 9.17) is 17.0 Å². The number of benzene rings is 3. The zero-order valence-electron chi connectivity index (χ0n) is 19.0. The second-order valence-corrected chi connectivity index (χ2v) is 10.4. The van der Waals surface area contributed by atoms with Gasteiger partial charge in [0, 0.05) is 29.9 Å². The molecule has 9 heteroatoms. The summed E-state index contributed by atoms with van der Waals surface area (Å²) in [5.41, 5.74) is 3.24. The van der Waals surface area contributed by atoms with E-state index in [0.717, 1.165) is 21.4 Å². The Balaban J connectivity index is 1.41. The largest absolute Gasteiger partial charge is 0.484 e. The lowest BCUT2D eigenvalue weighted by molar-refractivity contribution is -0.118. The summed E-state index contributed by atoms with van der Waals surface area (Å²) in [7, 11) is 3.92. The fourth-order valence-corrected chi connectivity index (χ4v) is 4.88. The van der Waals surface area contributed by atoms with Crippen LogP contribution in [0, 0.1) is 0 Å². The predicted molar refractivity (Wildman–Crippen MR) is 151 cm³/mol. The highest BCUT2D eigenvalue weighted by Crippen LogP contribution is 2.36. The van der Waals surface area contributed by atoms with Crippen LogP contribution in [0.15, 0.2) is 82.2 Å². The van der Waals surface area contributed by atoms with Gasteiger partial charge in [0.15, 0.2) is 10.9 Å². The topological polar surface area (TPSA) is 61.9 Å². The smallest absolute Gasteiger partial charge is 0.270 e. The maximum atomic E-state index is 13.1. The van der Waals surface area contributed by atoms with Gasteiger partial charge in [-0.15, -0.1) is 0 Å². The van der Waals surface area contributed by atoms with Crippen molar-refractivity contribution in [2.24, 2.45) is 0 Å². The molecule has 0 aromatic heterocycles. The standard InChI is InChI=1S/C26H22BrN3O3S2/c1-29(2)20-10-12-21(13-11-20)30-25(32)23(35-26(30)34)15-17-4-3-5-22(14-17)33-16-24(31)28-19-8-6-18(27)7-9-19/h3-15H,16H2,1-2H3,(H,28,31)/b23-15-. The van der Waals surface area contributed by atoms with Crippen LogP contribution in [0.1, 0.15) is 5.56 Å². The van der Waals surface area contributed by atoms with E-state index in [9.17, 15) is 9.59 Å². The van der Waals surface area contributed by atoms with Gasteiger partial charge < -0.3 is 15.0 Å².